The van der Waals surface area contributed by atoms with E-state index >= 15 is 0 Å². The van der Waals surface area contributed by atoms with Crippen LogP contribution in [0.3, 0.4) is 0 Å². The molecule has 0 amide bonds. The first kappa shape index (κ1) is 13.6. The highest BCUT2D eigenvalue weighted by atomic mass is 79.9. The summed E-state index contributed by atoms with van der Waals surface area (Å²) in [5.41, 5.74) is 0. The standard InChI is InChI=1S/C9H11BrN2O2S2/c1-2-6-12(7-5-11)16(13,14)9-4-3-8(10)15-9/h3-4H,2,6-7H2,1H3. The molecule has 1 aromatic heterocycles. The summed E-state index contributed by atoms with van der Waals surface area (Å²) in [5, 5.41) is 8.62. The first-order valence-electron chi connectivity index (χ1n) is 4.64. The first-order valence-corrected chi connectivity index (χ1v) is 7.69. The van der Waals surface area contributed by atoms with Gasteiger partial charge in [-0.15, -0.1) is 11.3 Å². The van der Waals surface area contributed by atoms with Gasteiger partial charge >= 0.3 is 0 Å². The lowest BCUT2D eigenvalue weighted by atomic mass is 10.5. The molecule has 0 saturated heterocycles. The molecule has 16 heavy (non-hydrogen) atoms. The Morgan fingerprint density at radius 2 is 2.25 bits per heavy atom. The van der Waals surface area contributed by atoms with E-state index in [-0.39, 0.29) is 10.8 Å². The van der Waals surface area contributed by atoms with Gasteiger partial charge in [0.15, 0.2) is 0 Å². The second-order valence-electron chi connectivity index (χ2n) is 3.06. The number of sulfonamides is 1. The Hall–Kier alpha value is -0.420. The monoisotopic (exact) mass is 322 g/mol. The van der Waals surface area contributed by atoms with Crippen molar-refractivity contribution in [1.29, 1.82) is 5.26 Å². The summed E-state index contributed by atoms with van der Waals surface area (Å²) in [6, 6.07) is 5.11. The molecule has 0 fully saturated rings. The van der Waals surface area contributed by atoms with E-state index in [4.69, 9.17) is 5.26 Å². The first-order chi connectivity index (χ1) is 7.52. The third-order valence-corrected chi connectivity index (χ3v) is 5.80. The Kier molecular flexibility index (Phi) is 4.92. The number of thiophene rings is 1. The fourth-order valence-electron chi connectivity index (χ4n) is 1.18. The normalized spacial score (nSPS) is 11.6. The van der Waals surface area contributed by atoms with Gasteiger partial charge in [-0.2, -0.15) is 9.57 Å². The Morgan fingerprint density at radius 1 is 1.56 bits per heavy atom. The molecule has 0 atom stereocenters. The second kappa shape index (κ2) is 5.77. The molecule has 0 aliphatic heterocycles. The van der Waals surface area contributed by atoms with Gasteiger partial charge in [0, 0.05) is 6.54 Å². The molecule has 7 heteroatoms. The summed E-state index contributed by atoms with van der Waals surface area (Å²) in [5.74, 6) is 0. The van der Waals surface area contributed by atoms with Gasteiger partial charge in [0.2, 0.25) is 0 Å². The quantitative estimate of drug-likeness (QED) is 0.782. The van der Waals surface area contributed by atoms with Gasteiger partial charge in [-0.1, -0.05) is 6.92 Å². The van der Waals surface area contributed by atoms with Crippen molar-refractivity contribution >= 4 is 37.3 Å². The predicted octanol–water partition coefficient (Wildman–Crippen LogP) is 2.43. The molecule has 1 rings (SSSR count). The largest absolute Gasteiger partial charge is 0.253 e. The zero-order valence-corrected chi connectivity index (χ0v) is 11.9. The van der Waals surface area contributed by atoms with E-state index in [0.29, 0.717) is 13.0 Å². The van der Waals surface area contributed by atoms with E-state index in [0.717, 1.165) is 15.1 Å². The molecular formula is C9H11BrN2O2S2. The molecule has 1 aromatic rings. The van der Waals surface area contributed by atoms with Gasteiger partial charge in [-0.05, 0) is 34.5 Å². The lowest BCUT2D eigenvalue weighted by Gasteiger charge is -2.16. The van der Waals surface area contributed by atoms with Crippen LogP contribution in [-0.4, -0.2) is 25.8 Å². The van der Waals surface area contributed by atoms with Crippen LogP contribution in [0, 0.1) is 11.3 Å². The predicted molar refractivity (Wildman–Crippen MR) is 66.7 cm³/mol. The van der Waals surface area contributed by atoms with E-state index in [9.17, 15) is 8.42 Å². The lowest BCUT2D eigenvalue weighted by molar-refractivity contribution is 0.446. The van der Waals surface area contributed by atoms with Crippen molar-refractivity contribution in [3.8, 4) is 6.07 Å². The average molecular weight is 323 g/mol. The molecule has 88 valence electrons. The van der Waals surface area contributed by atoms with Crippen molar-refractivity contribution in [2.24, 2.45) is 0 Å². The number of hydrogen-bond donors (Lipinski definition) is 0. The van der Waals surface area contributed by atoms with Crippen LogP contribution in [0.5, 0.6) is 0 Å². The van der Waals surface area contributed by atoms with Gasteiger partial charge in [-0.25, -0.2) is 8.42 Å². The van der Waals surface area contributed by atoms with Crippen molar-refractivity contribution < 1.29 is 8.42 Å². The van der Waals surface area contributed by atoms with Crippen LogP contribution < -0.4 is 0 Å². The Labute approximate surface area is 108 Å². The van der Waals surface area contributed by atoms with Gasteiger partial charge in [-0.3, -0.25) is 0 Å². The Bertz CT molecular complexity index is 490. The SMILES string of the molecule is CCCN(CC#N)S(=O)(=O)c1ccc(Br)s1. The summed E-state index contributed by atoms with van der Waals surface area (Å²) in [6.45, 7) is 2.14. The van der Waals surface area contributed by atoms with Gasteiger partial charge in [0.05, 0.1) is 9.86 Å². The van der Waals surface area contributed by atoms with E-state index in [1.807, 2.05) is 13.0 Å². The molecule has 1 heterocycles. The maximum absolute atomic E-state index is 12.1. The number of nitrogens with zero attached hydrogens (tertiary/aromatic N) is 2. The Balaban J connectivity index is 3.03. The van der Waals surface area contributed by atoms with Crippen LogP contribution in [0.1, 0.15) is 13.3 Å². The summed E-state index contributed by atoms with van der Waals surface area (Å²) < 4.78 is 26.4. The van der Waals surface area contributed by atoms with Crippen LogP contribution in [0.4, 0.5) is 0 Å². The minimum Gasteiger partial charge on any atom is -0.206 e. The second-order valence-corrected chi connectivity index (χ2v) is 7.68. The number of nitriles is 1. The molecule has 0 radical (unpaired) electrons. The van der Waals surface area contributed by atoms with Crippen LogP contribution in [0.25, 0.3) is 0 Å². The van der Waals surface area contributed by atoms with Crippen LogP contribution >= 0.6 is 27.3 Å². The molecule has 0 unspecified atom stereocenters. The van der Waals surface area contributed by atoms with E-state index in [2.05, 4.69) is 15.9 Å². The van der Waals surface area contributed by atoms with E-state index in [1.165, 1.54) is 4.31 Å². The van der Waals surface area contributed by atoms with Crippen LogP contribution in [-0.2, 0) is 10.0 Å². The third-order valence-electron chi connectivity index (χ3n) is 1.86. The summed E-state index contributed by atoms with van der Waals surface area (Å²) >= 11 is 4.37. The number of halogens is 1. The fraction of sp³-hybridized carbons (Fsp3) is 0.444. The fourth-order valence-corrected chi connectivity index (χ4v) is 4.77. The topological polar surface area (TPSA) is 61.2 Å². The highest BCUT2D eigenvalue weighted by molar-refractivity contribution is 9.11. The average Bonchev–Trinajstić information content (AvgIpc) is 2.65. The van der Waals surface area contributed by atoms with Gasteiger partial charge in [0.25, 0.3) is 10.0 Å². The molecule has 0 saturated carbocycles. The maximum Gasteiger partial charge on any atom is 0.253 e. The minimum atomic E-state index is -3.51. The molecule has 0 N–H and O–H groups in total. The number of hydrogen-bond acceptors (Lipinski definition) is 4. The zero-order chi connectivity index (χ0) is 12.2. The van der Waals surface area contributed by atoms with Crippen molar-refractivity contribution in [2.45, 2.75) is 17.6 Å². The maximum atomic E-state index is 12.1. The highest BCUT2D eigenvalue weighted by Crippen LogP contribution is 2.28. The van der Waals surface area contributed by atoms with Crippen molar-refractivity contribution in [1.82, 2.24) is 4.31 Å². The molecule has 0 spiro atoms. The Morgan fingerprint density at radius 3 is 2.69 bits per heavy atom. The molecule has 0 aliphatic rings. The summed E-state index contributed by atoms with van der Waals surface area (Å²) in [6.07, 6.45) is 0.688. The van der Waals surface area contributed by atoms with Crippen LogP contribution in [0.15, 0.2) is 20.1 Å². The van der Waals surface area contributed by atoms with Crippen LogP contribution in [0.2, 0.25) is 0 Å². The molecule has 0 aliphatic carbocycles. The smallest absolute Gasteiger partial charge is 0.206 e. The van der Waals surface area contributed by atoms with E-state index in [1.54, 1.807) is 12.1 Å². The summed E-state index contributed by atoms with van der Waals surface area (Å²) in [7, 11) is -3.51. The van der Waals surface area contributed by atoms with Crippen molar-refractivity contribution in [3.63, 3.8) is 0 Å². The van der Waals surface area contributed by atoms with Crippen molar-refractivity contribution in [2.75, 3.05) is 13.1 Å². The lowest BCUT2D eigenvalue weighted by Crippen LogP contribution is -2.31. The van der Waals surface area contributed by atoms with Gasteiger partial charge in [0.1, 0.15) is 10.8 Å². The molecule has 0 bridgehead atoms. The minimum absolute atomic E-state index is 0.105. The molecular weight excluding hydrogens is 312 g/mol. The molecule has 0 aromatic carbocycles. The highest BCUT2D eigenvalue weighted by Gasteiger charge is 2.24. The summed E-state index contributed by atoms with van der Waals surface area (Å²) in [4.78, 5) is 0. The molecule has 4 nitrogen and oxygen atoms in total. The zero-order valence-electron chi connectivity index (χ0n) is 8.68. The third kappa shape index (κ3) is 3.04. The van der Waals surface area contributed by atoms with Gasteiger partial charge < -0.3 is 0 Å². The van der Waals surface area contributed by atoms with Crippen molar-refractivity contribution in [3.05, 3.63) is 15.9 Å². The number of rotatable bonds is 5. The van der Waals surface area contributed by atoms with E-state index < -0.39 is 10.0 Å².